The van der Waals surface area contributed by atoms with Crippen LogP contribution in [-0.4, -0.2) is 28.1 Å². The Bertz CT molecular complexity index is 705. The van der Waals surface area contributed by atoms with Crippen molar-refractivity contribution in [3.05, 3.63) is 47.7 Å². The first-order valence-electron chi connectivity index (χ1n) is 8.12. The molecule has 0 saturated heterocycles. The van der Waals surface area contributed by atoms with E-state index < -0.39 is 5.60 Å². The molecule has 1 aliphatic rings. The van der Waals surface area contributed by atoms with Crippen LogP contribution in [0.5, 0.6) is 0 Å². The van der Waals surface area contributed by atoms with Crippen molar-refractivity contribution in [3.8, 4) is 0 Å². The van der Waals surface area contributed by atoms with Gasteiger partial charge in [0.25, 0.3) is 0 Å². The third-order valence-corrected chi connectivity index (χ3v) is 3.86. The second kappa shape index (κ2) is 6.55. The van der Waals surface area contributed by atoms with Crippen LogP contribution in [0.3, 0.4) is 0 Å². The maximum Gasteiger partial charge on any atom is 0.410 e. The van der Waals surface area contributed by atoms with Gasteiger partial charge in [-0.05, 0) is 44.4 Å². The fourth-order valence-corrected chi connectivity index (χ4v) is 2.74. The molecule has 0 spiro atoms. The van der Waals surface area contributed by atoms with Crippen LogP contribution >= 0.6 is 0 Å². The minimum Gasteiger partial charge on any atom is -0.447 e. The Hall–Kier alpha value is -2.50. The van der Waals surface area contributed by atoms with E-state index in [9.17, 15) is 4.79 Å². The molecule has 0 unspecified atom stereocenters. The van der Waals surface area contributed by atoms with Crippen molar-refractivity contribution in [3.63, 3.8) is 0 Å². The lowest BCUT2D eigenvalue weighted by atomic mass is 9.98. The average molecular weight is 329 g/mol. The Labute approximate surface area is 141 Å². The highest BCUT2D eigenvalue weighted by molar-refractivity contribution is 5.69. The molecule has 2 heterocycles. The molecule has 0 bridgehead atoms. The molecule has 0 aliphatic carbocycles. The van der Waals surface area contributed by atoms with Gasteiger partial charge in [0.05, 0.1) is 19.3 Å². The van der Waals surface area contributed by atoms with Gasteiger partial charge in [0, 0.05) is 12.2 Å². The number of ether oxygens (including phenoxy) is 1. The second-order valence-electron chi connectivity index (χ2n) is 6.92. The normalized spacial score (nSPS) is 14.2. The summed E-state index contributed by atoms with van der Waals surface area (Å²) in [5.41, 5.74) is 2.92. The number of benzene rings is 1. The van der Waals surface area contributed by atoms with Crippen LogP contribution in [0.4, 0.5) is 10.5 Å². The molecule has 24 heavy (non-hydrogen) atoms. The van der Waals surface area contributed by atoms with E-state index in [1.165, 1.54) is 12.0 Å². The molecule has 3 rings (SSSR count). The van der Waals surface area contributed by atoms with Crippen molar-refractivity contribution in [1.82, 2.24) is 9.88 Å². The number of nitrogens with zero attached hydrogens (tertiary/aromatic N) is 2. The molecule has 1 amide bonds. The molecule has 128 valence electrons. The number of fused-ring (bicyclic) bond motifs is 1. The summed E-state index contributed by atoms with van der Waals surface area (Å²) in [7, 11) is 0. The topological polar surface area (TPSA) is 67.6 Å². The number of rotatable bonds is 3. The molecule has 2 aromatic rings. The maximum atomic E-state index is 12.3. The van der Waals surface area contributed by atoms with Gasteiger partial charge < -0.3 is 19.4 Å². The summed E-state index contributed by atoms with van der Waals surface area (Å²) in [6.07, 6.45) is 3.67. The molecule has 0 saturated carbocycles. The predicted octanol–water partition coefficient (Wildman–Crippen LogP) is 3.58. The lowest BCUT2D eigenvalue weighted by Crippen LogP contribution is -2.40. The molecule has 0 fully saturated rings. The largest absolute Gasteiger partial charge is 0.447 e. The zero-order valence-corrected chi connectivity index (χ0v) is 14.3. The number of hydrogen-bond acceptors (Lipinski definition) is 5. The zero-order valence-electron chi connectivity index (χ0n) is 14.3. The van der Waals surface area contributed by atoms with Gasteiger partial charge in [-0.3, -0.25) is 0 Å². The molecule has 0 radical (unpaired) electrons. The Kier molecular flexibility index (Phi) is 4.46. The van der Waals surface area contributed by atoms with Crippen LogP contribution in [-0.2, 0) is 24.2 Å². The highest BCUT2D eigenvalue weighted by Gasteiger charge is 2.26. The number of anilines is 1. The molecular weight excluding hydrogens is 306 g/mol. The summed E-state index contributed by atoms with van der Waals surface area (Å²) < 4.78 is 10.7. The average Bonchev–Trinajstić information content (AvgIpc) is 3.04. The van der Waals surface area contributed by atoms with Crippen LogP contribution in [0.15, 0.2) is 35.2 Å². The summed E-state index contributed by atoms with van der Waals surface area (Å²) in [5, 5.41) is 3.37. The van der Waals surface area contributed by atoms with Gasteiger partial charge in [-0.1, -0.05) is 12.1 Å². The minimum absolute atomic E-state index is 0.266. The molecule has 1 aromatic carbocycles. The van der Waals surface area contributed by atoms with Crippen LogP contribution in [0.2, 0.25) is 0 Å². The lowest BCUT2D eigenvalue weighted by molar-refractivity contribution is 0.0224. The molecule has 6 nitrogen and oxygen atoms in total. The van der Waals surface area contributed by atoms with Gasteiger partial charge >= 0.3 is 6.09 Å². The number of nitrogens with one attached hydrogen (secondary N) is 1. The molecule has 0 atom stereocenters. The van der Waals surface area contributed by atoms with Crippen molar-refractivity contribution in [2.45, 2.75) is 45.9 Å². The van der Waals surface area contributed by atoms with Crippen molar-refractivity contribution in [2.75, 3.05) is 11.9 Å². The Balaban J connectivity index is 1.73. The lowest BCUT2D eigenvalue weighted by Gasteiger charge is -2.32. The quantitative estimate of drug-likeness (QED) is 0.932. The number of aromatic nitrogens is 1. The van der Waals surface area contributed by atoms with Crippen LogP contribution in [0.25, 0.3) is 0 Å². The fourth-order valence-electron chi connectivity index (χ4n) is 2.74. The van der Waals surface area contributed by atoms with E-state index in [-0.39, 0.29) is 6.09 Å². The van der Waals surface area contributed by atoms with E-state index in [1.807, 2.05) is 32.9 Å². The highest BCUT2D eigenvalue weighted by Crippen LogP contribution is 2.27. The first-order valence-corrected chi connectivity index (χ1v) is 8.12. The van der Waals surface area contributed by atoms with Crippen LogP contribution in [0.1, 0.15) is 37.7 Å². The Morgan fingerprint density at radius 2 is 2.25 bits per heavy atom. The van der Waals surface area contributed by atoms with Gasteiger partial charge in [0.15, 0.2) is 6.39 Å². The highest BCUT2D eigenvalue weighted by atomic mass is 16.6. The Morgan fingerprint density at radius 1 is 1.42 bits per heavy atom. The minimum atomic E-state index is -0.485. The van der Waals surface area contributed by atoms with Gasteiger partial charge in [-0.15, -0.1) is 0 Å². The third-order valence-electron chi connectivity index (χ3n) is 3.86. The van der Waals surface area contributed by atoms with Gasteiger partial charge in [-0.2, -0.15) is 0 Å². The standard InChI is InChI=1S/C18H23N3O3/c1-18(2,3)24-17(22)21-8-7-13-5-4-6-16(15(13)11-21)20-10-14-9-19-12-23-14/h4-6,9,12,20H,7-8,10-11H2,1-3H3. The summed E-state index contributed by atoms with van der Waals surface area (Å²) >= 11 is 0. The number of carbonyl (C=O) groups excluding carboxylic acids is 1. The van der Waals surface area contributed by atoms with Crippen molar-refractivity contribution >= 4 is 11.8 Å². The molecule has 1 aliphatic heterocycles. The van der Waals surface area contributed by atoms with Crippen LogP contribution < -0.4 is 5.32 Å². The summed E-state index contributed by atoms with van der Waals surface area (Å²) in [4.78, 5) is 18.0. The van der Waals surface area contributed by atoms with Gasteiger partial charge in [0.2, 0.25) is 0 Å². The first-order chi connectivity index (χ1) is 11.4. The van der Waals surface area contributed by atoms with E-state index >= 15 is 0 Å². The maximum absolute atomic E-state index is 12.3. The van der Waals surface area contributed by atoms with Crippen LogP contribution in [0, 0.1) is 0 Å². The molecule has 1 aromatic heterocycles. The number of oxazole rings is 1. The molecule has 6 heteroatoms. The SMILES string of the molecule is CC(C)(C)OC(=O)N1CCc2cccc(NCc3cnco3)c2C1. The van der Waals surface area contributed by atoms with E-state index in [0.29, 0.717) is 19.6 Å². The Morgan fingerprint density at radius 3 is 2.96 bits per heavy atom. The third kappa shape index (κ3) is 3.88. The number of hydrogen-bond donors (Lipinski definition) is 1. The van der Waals surface area contributed by atoms with Crippen molar-refractivity contribution < 1.29 is 13.9 Å². The van der Waals surface area contributed by atoms with Gasteiger partial charge in [-0.25, -0.2) is 9.78 Å². The first kappa shape index (κ1) is 16.4. The van der Waals surface area contributed by atoms with E-state index in [2.05, 4.69) is 16.4 Å². The smallest absolute Gasteiger partial charge is 0.410 e. The number of amides is 1. The fraction of sp³-hybridized carbons (Fsp3) is 0.444. The van der Waals surface area contributed by atoms with E-state index in [1.54, 1.807) is 11.1 Å². The zero-order chi connectivity index (χ0) is 17.2. The summed E-state index contributed by atoms with van der Waals surface area (Å²) in [6.45, 7) is 7.42. The summed E-state index contributed by atoms with van der Waals surface area (Å²) in [5.74, 6) is 0.771. The predicted molar refractivity (Wildman–Crippen MR) is 90.6 cm³/mol. The second-order valence-corrected chi connectivity index (χ2v) is 6.92. The van der Waals surface area contributed by atoms with Crippen molar-refractivity contribution in [1.29, 1.82) is 0 Å². The monoisotopic (exact) mass is 329 g/mol. The number of carbonyl (C=O) groups is 1. The molecular formula is C18H23N3O3. The van der Waals surface area contributed by atoms with E-state index in [0.717, 1.165) is 23.4 Å². The van der Waals surface area contributed by atoms with Gasteiger partial charge in [0.1, 0.15) is 11.4 Å². The van der Waals surface area contributed by atoms with Crippen molar-refractivity contribution in [2.24, 2.45) is 0 Å². The summed E-state index contributed by atoms with van der Waals surface area (Å²) in [6, 6.07) is 6.17. The molecule has 1 N–H and O–H groups in total. The van der Waals surface area contributed by atoms with E-state index in [4.69, 9.17) is 9.15 Å².